The van der Waals surface area contributed by atoms with E-state index >= 15 is 0 Å². The molecule has 0 aliphatic carbocycles. The average molecular weight is 597 g/mol. The molecule has 0 aromatic carbocycles. The zero-order chi connectivity index (χ0) is 28.5. The number of unbranched alkanes of at least 4 members (excludes halogenated alkanes) is 3. The van der Waals surface area contributed by atoms with E-state index in [2.05, 4.69) is 31.9 Å². The zero-order valence-electron chi connectivity index (χ0n) is 23.3. The lowest BCUT2D eigenvalue weighted by atomic mass is 10.0. The van der Waals surface area contributed by atoms with Gasteiger partial charge in [0.2, 0.25) is 11.8 Å². The van der Waals surface area contributed by atoms with E-state index in [1.165, 1.54) is 6.92 Å². The number of carbonyl (C=O) groups excluding carboxylic acids is 5. The third-order valence-electron chi connectivity index (χ3n) is 8.23. The first kappa shape index (κ1) is 30.8. The zero-order valence-corrected chi connectivity index (χ0v) is 24.9. The first-order chi connectivity index (χ1) is 19.3. The maximum absolute atomic E-state index is 12.4. The quantitative estimate of drug-likeness (QED) is 0.110. The number of hydrogen-bond donors (Lipinski definition) is 6. The number of nitrogens with one attached hydrogen (secondary N) is 6. The topological polar surface area (TPSA) is 158 Å². The number of fused-ring (bicyclic) bond motifs is 2. The highest BCUT2D eigenvalue weighted by molar-refractivity contribution is 8.00. The standard InChI is InChI=1S/C27H44N6O5S2/c1-16(34)17(29-23(36)12-5-3-10-21-25-19(15-40-21)31-27(38)33-25)8-6-7-13-28-22(35)11-4-2-9-20-24-18(14-39-20)30-26(37)32-24/h17-21,24-25H,2-15H2,1H3,(H,28,35)(H,29,36)(H2,30,32,37)(H2,31,33,38)/t17-,18-,19-,20-,21-,24-,25-/m0/s1. The monoisotopic (exact) mass is 596 g/mol. The van der Waals surface area contributed by atoms with Crippen LogP contribution in [0.2, 0.25) is 0 Å². The van der Waals surface area contributed by atoms with Crippen LogP contribution in [0, 0.1) is 0 Å². The molecule has 0 aromatic heterocycles. The Bertz CT molecular complexity index is 939. The highest BCUT2D eigenvalue weighted by Crippen LogP contribution is 2.34. The summed E-state index contributed by atoms with van der Waals surface area (Å²) in [4.78, 5) is 59.6. The SMILES string of the molecule is CC(=O)[C@H](CCCCNC(=O)CCCC[C@@H]1SC[C@@H]2NC(=O)N[C@@H]21)NC(=O)CCCC[C@@H]1SC[C@@H]2NC(=O)N[C@@H]21. The van der Waals surface area contributed by atoms with E-state index in [9.17, 15) is 24.0 Å². The molecule has 40 heavy (non-hydrogen) atoms. The van der Waals surface area contributed by atoms with Crippen LogP contribution in [-0.4, -0.2) is 88.4 Å². The van der Waals surface area contributed by atoms with Gasteiger partial charge in [-0.1, -0.05) is 12.8 Å². The van der Waals surface area contributed by atoms with Gasteiger partial charge in [-0.05, 0) is 51.9 Å². The summed E-state index contributed by atoms with van der Waals surface area (Å²) in [6.45, 7) is 2.07. The van der Waals surface area contributed by atoms with Crippen LogP contribution in [0.25, 0.3) is 0 Å². The van der Waals surface area contributed by atoms with Gasteiger partial charge in [0.25, 0.3) is 0 Å². The van der Waals surface area contributed by atoms with Crippen LogP contribution in [0.4, 0.5) is 9.59 Å². The van der Waals surface area contributed by atoms with E-state index in [1.54, 1.807) is 0 Å². The molecular formula is C27H44N6O5S2. The van der Waals surface area contributed by atoms with Crippen LogP contribution in [0.3, 0.4) is 0 Å². The first-order valence-corrected chi connectivity index (χ1v) is 16.8. The number of amides is 6. The fourth-order valence-corrected chi connectivity index (χ4v) is 9.07. The summed E-state index contributed by atoms with van der Waals surface area (Å²) in [6.07, 6.45) is 8.36. The van der Waals surface area contributed by atoms with Gasteiger partial charge in [-0.25, -0.2) is 9.59 Å². The Hall–Kier alpha value is -2.15. The summed E-state index contributed by atoms with van der Waals surface area (Å²) in [5.41, 5.74) is 0. The Labute approximate surface area is 245 Å². The summed E-state index contributed by atoms with van der Waals surface area (Å²) >= 11 is 3.77. The number of thioether (sulfide) groups is 2. The lowest BCUT2D eigenvalue weighted by Gasteiger charge is -2.17. The van der Waals surface area contributed by atoms with E-state index in [0.29, 0.717) is 36.3 Å². The van der Waals surface area contributed by atoms with E-state index in [1.807, 2.05) is 23.5 Å². The molecule has 4 saturated heterocycles. The smallest absolute Gasteiger partial charge is 0.315 e. The van der Waals surface area contributed by atoms with Crippen LogP contribution >= 0.6 is 23.5 Å². The summed E-state index contributed by atoms with van der Waals surface area (Å²) in [7, 11) is 0. The maximum atomic E-state index is 12.4. The molecule has 0 radical (unpaired) electrons. The Morgan fingerprint density at radius 3 is 1.88 bits per heavy atom. The fourth-order valence-electron chi connectivity index (χ4n) is 5.98. The van der Waals surface area contributed by atoms with Gasteiger partial charge < -0.3 is 31.9 Å². The van der Waals surface area contributed by atoms with Crippen LogP contribution in [0.15, 0.2) is 0 Å². The van der Waals surface area contributed by atoms with Gasteiger partial charge in [0.15, 0.2) is 5.78 Å². The third-order valence-corrected chi connectivity index (χ3v) is 11.2. The van der Waals surface area contributed by atoms with Gasteiger partial charge in [0, 0.05) is 41.4 Å². The number of urea groups is 2. The normalized spacial score (nSPS) is 29.0. The van der Waals surface area contributed by atoms with Crippen molar-refractivity contribution in [3.05, 3.63) is 0 Å². The summed E-state index contributed by atoms with van der Waals surface area (Å²) in [5, 5.41) is 18.5. The van der Waals surface area contributed by atoms with Gasteiger partial charge in [-0.15, -0.1) is 0 Å². The summed E-state index contributed by atoms with van der Waals surface area (Å²) < 4.78 is 0. The van der Waals surface area contributed by atoms with E-state index in [-0.39, 0.29) is 53.8 Å². The molecule has 6 N–H and O–H groups in total. The fraction of sp³-hybridized carbons (Fsp3) is 0.815. The number of hydrogen-bond acceptors (Lipinski definition) is 7. The predicted octanol–water partition coefficient (Wildman–Crippen LogP) is 1.80. The molecule has 0 unspecified atom stereocenters. The van der Waals surface area contributed by atoms with E-state index < -0.39 is 6.04 Å². The van der Waals surface area contributed by atoms with Crippen molar-refractivity contribution in [1.82, 2.24) is 31.9 Å². The van der Waals surface area contributed by atoms with Crippen molar-refractivity contribution in [3.8, 4) is 0 Å². The molecule has 4 fully saturated rings. The molecule has 0 aromatic rings. The summed E-state index contributed by atoms with van der Waals surface area (Å²) in [6, 6.07) is 0.204. The van der Waals surface area contributed by atoms with Gasteiger partial charge in [-0.3, -0.25) is 14.4 Å². The van der Waals surface area contributed by atoms with E-state index in [4.69, 9.17) is 0 Å². The maximum Gasteiger partial charge on any atom is 0.315 e. The van der Waals surface area contributed by atoms with Gasteiger partial charge in [0.05, 0.1) is 30.2 Å². The highest BCUT2D eigenvalue weighted by Gasteiger charge is 2.43. The molecular weight excluding hydrogens is 552 g/mol. The molecule has 13 heteroatoms. The number of Topliss-reactive ketones (excluding diaryl/α,β-unsaturated/α-hetero) is 1. The van der Waals surface area contributed by atoms with Crippen LogP contribution in [-0.2, 0) is 14.4 Å². The molecule has 0 spiro atoms. The molecule has 4 heterocycles. The molecule has 4 aliphatic heterocycles. The number of carbonyl (C=O) groups is 5. The third kappa shape index (κ3) is 8.92. The minimum absolute atomic E-state index is 0.0438. The van der Waals surface area contributed by atoms with Crippen molar-refractivity contribution in [2.75, 3.05) is 18.1 Å². The molecule has 11 nitrogen and oxygen atoms in total. The lowest BCUT2D eigenvalue weighted by molar-refractivity contribution is -0.127. The van der Waals surface area contributed by atoms with Crippen molar-refractivity contribution in [1.29, 1.82) is 0 Å². The molecule has 224 valence electrons. The largest absolute Gasteiger partial charge is 0.356 e. The van der Waals surface area contributed by atoms with Crippen molar-refractivity contribution in [2.45, 2.75) is 118 Å². The second-order valence-corrected chi connectivity index (χ2v) is 13.9. The van der Waals surface area contributed by atoms with E-state index in [0.717, 1.165) is 62.9 Å². The number of rotatable bonds is 17. The highest BCUT2D eigenvalue weighted by atomic mass is 32.2. The summed E-state index contributed by atoms with van der Waals surface area (Å²) in [5.74, 6) is 1.78. The number of ketones is 1. The molecule has 0 saturated carbocycles. The van der Waals surface area contributed by atoms with Crippen LogP contribution in [0.1, 0.15) is 77.6 Å². The second-order valence-electron chi connectivity index (χ2n) is 11.3. The molecule has 4 rings (SSSR count). The Morgan fingerprint density at radius 1 is 0.775 bits per heavy atom. The Balaban J connectivity index is 0.991. The lowest BCUT2D eigenvalue weighted by Crippen LogP contribution is -2.39. The Kier molecular flexibility index (Phi) is 11.7. The van der Waals surface area contributed by atoms with Gasteiger partial charge in [0.1, 0.15) is 0 Å². The molecule has 0 bridgehead atoms. The van der Waals surface area contributed by atoms with Crippen LogP contribution in [0.5, 0.6) is 0 Å². The van der Waals surface area contributed by atoms with Crippen molar-refractivity contribution in [3.63, 3.8) is 0 Å². The van der Waals surface area contributed by atoms with Gasteiger partial charge in [-0.2, -0.15) is 23.5 Å². The molecule has 4 aliphatic rings. The second kappa shape index (κ2) is 15.2. The van der Waals surface area contributed by atoms with Crippen molar-refractivity contribution < 1.29 is 24.0 Å². The van der Waals surface area contributed by atoms with Gasteiger partial charge >= 0.3 is 12.1 Å². The minimum atomic E-state index is -0.484. The molecule has 7 atom stereocenters. The Morgan fingerprint density at radius 2 is 1.32 bits per heavy atom. The predicted molar refractivity (Wildman–Crippen MR) is 157 cm³/mol. The molecule has 6 amide bonds. The minimum Gasteiger partial charge on any atom is -0.356 e. The van der Waals surface area contributed by atoms with Crippen molar-refractivity contribution in [2.24, 2.45) is 0 Å². The van der Waals surface area contributed by atoms with Crippen LogP contribution < -0.4 is 31.9 Å². The van der Waals surface area contributed by atoms with Crippen molar-refractivity contribution >= 4 is 53.2 Å². The first-order valence-electron chi connectivity index (χ1n) is 14.7. The average Bonchev–Trinajstić information content (AvgIpc) is 3.65.